The van der Waals surface area contributed by atoms with Crippen LogP contribution in [-0.2, 0) is 9.47 Å². The Morgan fingerprint density at radius 1 is 0.611 bits per heavy atom. The Morgan fingerprint density at radius 3 is 1.33 bits per heavy atom. The van der Waals surface area contributed by atoms with E-state index in [-0.39, 0.29) is 11.9 Å². The zero-order valence-corrected chi connectivity index (χ0v) is 21.4. The van der Waals surface area contributed by atoms with E-state index < -0.39 is 0 Å². The number of hydrogen-bond acceptors (Lipinski definition) is 6. The van der Waals surface area contributed by atoms with E-state index in [4.69, 9.17) is 33.9 Å². The van der Waals surface area contributed by atoms with E-state index in [1.807, 2.05) is 24.3 Å². The van der Waals surface area contributed by atoms with Crippen LogP contribution in [0.1, 0.15) is 34.6 Å². The van der Waals surface area contributed by atoms with Crippen molar-refractivity contribution in [2.45, 2.75) is 13.8 Å². The van der Waals surface area contributed by atoms with Crippen molar-refractivity contribution in [2.24, 2.45) is 0 Å². The van der Waals surface area contributed by atoms with Crippen LogP contribution in [0.3, 0.4) is 0 Å². The summed E-state index contributed by atoms with van der Waals surface area (Å²) in [6.07, 6.45) is 0. The Labute approximate surface area is 220 Å². The van der Waals surface area contributed by atoms with Gasteiger partial charge in [0.2, 0.25) is 0 Å². The van der Waals surface area contributed by atoms with Crippen LogP contribution in [0.2, 0.25) is 0 Å². The van der Waals surface area contributed by atoms with E-state index in [2.05, 4.69) is 21.3 Å². The molecule has 0 aliphatic rings. The summed E-state index contributed by atoms with van der Waals surface area (Å²) in [5.41, 5.74) is 3.91. The summed E-state index contributed by atoms with van der Waals surface area (Å²) in [7, 11) is 0. The van der Waals surface area contributed by atoms with E-state index >= 15 is 0 Å². The van der Waals surface area contributed by atoms with Gasteiger partial charge < -0.3 is 30.7 Å². The molecule has 0 amide bonds. The lowest BCUT2D eigenvalue weighted by Crippen LogP contribution is -2.20. The fourth-order valence-corrected chi connectivity index (χ4v) is 3.54. The fourth-order valence-electron chi connectivity index (χ4n) is 3.07. The van der Waals surface area contributed by atoms with Crippen molar-refractivity contribution in [3.8, 4) is 0 Å². The minimum atomic E-state index is -0.366. The zero-order chi connectivity index (χ0) is 25.9. The van der Waals surface area contributed by atoms with Gasteiger partial charge in [0.05, 0.1) is 24.3 Å². The van der Waals surface area contributed by atoms with Crippen LogP contribution in [0.4, 0.5) is 22.7 Å². The number of ether oxygens (including phenoxy) is 2. The summed E-state index contributed by atoms with van der Waals surface area (Å²) in [6, 6.07) is 21.1. The molecule has 3 aromatic carbocycles. The highest BCUT2D eigenvalue weighted by Crippen LogP contribution is 2.18. The molecule has 0 radical (unpaired) electrons. The van der Waals surface area contributed by atoms with E-state index in [1.54, 1.807) is 62.4 Å². The van der Waals surface area contributed by atoms with Gasteiger partial charge in [-0.15, -0.1) is 0 Å². The molecule has 3 aromatic rings. The summed E-state index contributed by atoms with van der Waals surface area (Å²) in [5, 5.41) is 13.2. The summed E-state index contributed by atoms with van der Waals surface area (Å²) in [4.78, 5) is 23.5. The molecule has 186 valence electrons. The molecule has 0 saturated heterocycles. The van der Waals surface area contributed by atoms with Crippen molar-refractivity contribution >= 4 is 69.3 Å². The van der Waals surface area contributed by atoms with Crippen LogP contribution < -0.4 is 21.3 Å². The molecule has 0 atom stereocenters. The van der Waals surface area contributed by atoms with Crippen LogP contribution in [-0.4, -0.2) is 35.4 Å². The van der Waals surface area contributed by atoms with Gasteiger partial charge in [0.25, 0.3) is 0 Å². The van der Waals surface area contributed by atoms with Crippen LogP contribution in [0.15, 0.2) is 72.8 Å². The number of anilines is 4. The molecule has 3 rings (SSSR count). The third kappa shape index (κ3) is 8.03. The van der Waals surface area contributed by atoms with E-state index in [0.717, 1.165) is 22.7 Å². The van der Waals surface area contributed by atoms with Crippen LogP contribution >= 0.6 is 24.4 Å². The molecular weight excluding hydrogens is 496 g/mol. The first kappa shape index (κ1) is 26.6. The topological polar surface area (TPSA) is 101 Å². The average Bonchev–Trinajstić information content (AvgIpc) is 2.85. The van der Waals surface area contributed by atoms with Crippen molar-refractivity contribution in [3.05, 3.63) is 83.9 Å². The van der Waals surface area contributed by atoms with Gasteiger partial charge in [-0.3, -0.25) is 0 Å². The van der Waals surface area contributed by atoms with Crippen molar-refractivity contribution in [1.29, 1.82) is 0 Å². The summed E-state index contributed by atoms with van der Waals surface area (Å²) >= 11 is 10.8. The summed E-state index contributed by atoms with van der Waals surface area (Å²) in [5.74, 6) is -0.731. The van der Waals surface area contributed by atoms with Crippen LogP contribution in [0.25, 0.3) is 0 Å². The molecule has 4 N–H and O–H groups in total. The lowest BCUT2D eigenvalue weighted by Gasteiger charge is -2.14. The van der Waals surface area contributed by atoms with Gasteiger partial charge in [0, 0.05) is 22.7 Å². The standard InChI is InChI=1S/C26H26N4O4S2/c1-3-33-23(31)17-8-12-19(13-9-17)27-25(35)29-21-6-5-7-22(16-21)30-26(36)28-20-14-10-18(11-15-20)24(32)34-4-2/h5-16H,3-4H2,1-2H3,(H2,27,29,35)(H2,28,30,36). The van der Waals surface area contributed by atoms with E-state index in [9.17, 15) is 9.59 Å². The molecule has 10 heteroatoms. The van der Waals surface area contributed by atoms with E-state index in [0.29, 0.717) is 34.6 Å². The molecular formula is C26H26N4O4S2. The first-order valence-electron chi connectivity index (χ1n) is 11.2. The Bertz CT molecular complexity index is 1140. The van der Waals surface area contributed by atoms with Gasteiger partial charge in [-0.05, 0) is 105 Å². The third-order valence-corrected chi connectivity index (χ3v) is 5.09. The molecule has 0 bridgehead atoms. The number of rotatable bonds is 8. The molecule has 0 unspecified atom stereocenters. The average molecular weight is 523 g/mol. The van der Waals surface area contributed by atoms with Gasteiger partial charge in [-0.1, -0.05) is 6.07 Å². The monoisotopic (exact) mass is 522 g/mol. The number of carbonyl (C=O) groups excluding carboxylic acids is 2. The molecule has 0 fully saturated rings. The molecule has 0 aliphatic carbocycles. The summed E-state index contributed by atoms with van der Waals surface area (Å²) in [6.45, 7) is 4.18. The Hall–Kier alpha value is -4.02. The molecule has 0 aromatic heterocycles. The highest BCUT2D eigenvalue weighted by atomic mass is 32.1. The number of hydrogen-bond donors (Lipinski definition) is 4. The Morgan fingerprint density at radius 2 is 0.972 bits per heavy atom. The largest absolute Gasteiger partial charge is 0.462 e. The maximum Gasteiger partial charge on any atom is 0.338 e. The maximum atomic E-state index is 11.8. The second-order valence-corrected chi connectivity index (χ2v) is 8.15. The minimum Gasteiger partial charge on any atom is -0.462 e. The van der Waals surface area contributed by atoms with Gasteiger partial charge >= 0.3 is 11.9 Å². The van der Waals surface area contributed by atoms with Gasteiger partial charge in [0.15, 0.2) is 10.2 Å². The molecule has 36 heavy (non-hydrogen) atoms. The first-order valence-corrected chi connectivity index (χ1v) is 12.0. The summed E-state index contributed by atoms with van der Waals surface area (Å²) < 4.78 is 9.97. The third-order valence-electron chi connectivity index (χ3n) is 4.69. The van der Waals surface area contributed by atoms with Gasteiger partial charge in [-0.2, -0.15) is 0 Å². The quantitative estimate of drug-likeness (QED) is 0.219. The van der Waals surface area contributed by atoms with Crippen molar-refractivity contribution in [3.63, 3.8) is 0 Å². The predicted molar refractivity (Wildman–Crippen MR) is 151 cm³/mol. The maximum absolute atomic E-state index is 11.8. The Kier molecular flexibility index (Phi) is 9.73. The number of esters is 2. The van der Waals surface area contributed by atoms with Crippen LogP contribution in [0.5, 0.6) is 0 Å². The van der Waals surface area contributed by atoms with Crippen molar-refractivity contribution in [1.82, 2.24) is 0 Å². The van der Waals surface area contributed by atoms with Crippen LogP contribution in [0, 0.1) is 0 Å². The number of nitrogens with one attached hydrogen (secondary N) is 4. The second-order valence-electron chi connectivity index (χ2n) is 7.33. The number of benzene rings is 3. The van der Waals surface area contributed by atoms with Crippen molar-refractivity contribution < 1.29 is 19.1 Å². The number of thiocarbonyl (C=S) groups is 2. The smallest absolute Gasteiger partial charge is 0.338 e. The highest BCUT2D eigenvalue weighted by Gasteiger charge is 2.08. The zero-order valence-electron chi connectivity index (χ0n) is 19.8. The Balaban J connectivity index is 1.52. The first-order chi connectivity index (χ1) is 17.4. The number of carbonyl (C=O) groups is 2. The predicted octanol–water partition coefficient (Wildman–Crippen LogP) is 5.66. The highest BCUT2D eigenvalue weighted by molar-refractivity contribution is 7.81. The second kappa shape index (κ2) is 13.2. The van der Waals surface area contributed by atoms with Gasteiger partial charge in [0.1, 0.15) is 0 Å². The minimum absolute atomic E-state index is 0.325. The molecule has 0 aliphatic heterocycles. The van der Waals surface area contributed by atoms with E-state index in [1.165, 1.54) is 0 Å². The fraction of sp³-hybridized carbons (Fsp3) is 0.154. The van der Waals surface area contributed by atoms with Crippen molar-refractivity contribution in [2.75, 3.05) is 34.5 Å². The molecule has 0 spiro atoms. The lowest BCUT2D eigenvalue weighted by atomic mass is 10.2. The lowest BCUT2D eigenvalue weighted by molar-refractivity contribution is 0.0517. The SMILES string of the molecule is CCOC(=O)c1ccc(NC(=S)Nc2cccc(NC(=S)Nc3ccc(C(=O)OCC)cc3)c2)cc1. The molecule has 0 saturated carbocycles. The van der Waals surface area contributed by atoms with Gasteiger partial charge in [-0.25, -0.2) is 9.59 Å². The molecule has 0 heterocycles. The normalized spacial score (nSPS) is 10.1. The molecule has 8 nitrogen and oxygen atoms in total.